The number of amides is 1. The van der Waals surface area contributed by atoms with Gasteiger partial charge in [-0.2, -0.15) is 0 Å². The van der Waals surface area contributed by atoms with Gasteiger partial charge in [0.15, 0.2) is 5.78 Å². The van der Waals surface area contributed by atoms with Crippen molar-refractivity contribution in [2.24, 2.45) is 0 Å². The second kappa shape index (κ2) is 8.12. The third-order valence-electron chi connectivity index (χ3n) is 4.66. The van der Waals surface area contributed by atoms with E-state index in [1.165, 1.54) is 24.8 Å². The number of ketones is 1. The summed E-state index contributed by atoms with van der Waals surface area (Å²) in [7, 11) is 0. The number of piperazine rings is 1. The molecule has 0 aliphatic carbocycles. The third kappa shape index (κ3) is 4.50. The fourth-order valence-electron chi connectivity index (χ4n) is 2.90. The molecule has 2 aromatic rings. The van der Waals surface area contributed by atoms with E-state index in [9.17, 15) is 14.0 Å². The molecule has 2 heterocycles. The molecule has 1 aromatic heterocycles. The molecule has 0 N–H and O–H groups in total. The summed E-state index contributed by atoms with van der Waals surface area (Å²) in [5.41, 5.74) is 1.66. The van der Waals surface area contributed by atoms with Gasteiger partial charge in [-0.1, -0.05) is 11.8 Å². The Morgan fingerprint density at radius 3 is 2.48 bits per heavy atom. The molecule has 1 aliphatic rings. The number of hydrogen-bond donors (Lipinski definition) is 0. The quantitative estimate of drug-likeness (QED) is 0.576. The standard InChI is InChI=1S/C19H22FN3O3S/c1-12-14(3)26-19(21-12)27-11-18(25)23-8-6-22(7-9-23)17-5-4-15(13(2)24)10-16(17)20/h4-5,10H,6-9,11H2,1-3H3. The molecule has 1 saturated heterocycles. The number of aryl methyl sites for hydroxylation is 2. The van der Waals surface area contributed by atoms with Gasteiger partial charge in [0.25, 0.3) is 5.22 Å². The van der Waals surface area contributed by atoms with Crippen LogP contribution in [0, 0.1) is 19.7 Å². The molecule has 1 amide bonds. The minimum atomic E-state index is -0.410. The van der Waals surface area contributed by atoms with E-state index in [-0.39, 0.29) is 17.4 Å². The van der Waals surface area contributed by atoms with E-state index in [0.717, 1.165) is 11.5 Å². The number of thioether (sulfide) groups is 1. The fourth-order valence-corrected chi connectivity index (χ4v) is 3.71. The SMILES string of the molecule is CC(=O)c1ccc(N2CCN(C(=O)CSc3nc(C)c(C)o3)CC2)c(F)c1. The fraction of sp³-hybridized carbons (Fsp3) is 0.421. The normalized spacial score (nSPS) is 14.5. The van der Waals surface area contributed by atoms with E-state index in [1.54, 1.807) is 17.0 Å². The van der Waals surface area contributed by atoms with Crippen LogP contribution in [0.1, 0.15) is 28.7 Å². The van der Waals surface area contributed by atoms with Crippen molar-refractivity contribution < 1.29 is 18.4 Å². The predicted molar refractivity (Wildman–Crippen MR) is 102 cm³/mol. The Morgan fingerprint density at radius 2 is 1.93 bits per heavy atom. The highest BCUT2D eigenvalue weighted by atomic mass is 32.2. The van der Waals surface area contributed by atoms with Crippen LogP contribution in [0.3, 0.4) is 0 Å². The van der Waals surface area contributed by atoms with Crippen molar-refractivity contribution in [2.45, 2.75) is 26.0 Å². The highest BCUT2D eigenvalue weighted by molar-refractivity contribution is 7.99. The zero-order chi connectivity index (χ0) is 19.6. The van der Waals surface area contributed by atoms with Gasteiger partial charge in [0.2, 0.25) is 5.91 Å². The zero-order valence-electron chi connectivity index (χ0n) is 15.6. The third-order valence-corrected chi connectivity index (χ3v) is 5.47. The zero-order valence-corrected chi connectivity index (χ0v) is 16.4. The topological polar surface area (TPSA) is 66.7 Å². The van der Waals surface area contributed by atoms with Crippen LogP contribution in [0.25, 0.3) is 0 Å². The molecule has 1 fully saturated rings. The van der Waals surface area contributed by atoms with Crippen LogP contribution in [-0.4, -0.2) is 53.5 Å². The summed E-state index contributed by atoms with van der Waals surface area (Å²) in [4.78, 5) is 31.7. The van der Waals surface area contributed by atoms with Gasteiger partial charge < -0.3 is 14.2 Å². The summed E-state index contributed by atoms with van der Waals surface area (Å²) < 4.78 is 19.8. The van der Waals surface area contributed by atoms with Gasteiger partial charge in [-0.05, 0) is 39.0 Å². The van der Waals surface area contributed by atoms with Crippen molar-refractivity contribution in [2.75, 3.05) is 36.8 Å². The number of benzene rings is 1. The van der Waals surface area contributed by atoms with Crippen molar-refractivity contribution in [3.8, 4) is 0 Å². The van der Waals surface area contributed by atoms with Crippen LogP contribution in [0.15, 0.2) is 27.8 Å². The molecular formula is C19H22FN3O3S. The lowest BCUT2D eigenvalue weighted by Crippen LogP contribution is -2.49. The molecule has 0 bridgehead atoms. The number of Topliss-reactive ketones (excluding diaryl/α,β-unsaturated/α-hetero) is 1. The lowest BCUT2D eigenvalue weighted by Gasteiger charge is -2.36. The smallest absolute Gasteiger partial charge is 0.256 e. The minimum absolute atomic E-state index is 0.0144. The number of hydrogen-bond acceptors (Lipinski definition) is 6. The Kier molecular flexibility index (Phi) is 5.84. The van der Waals surface area contributed by atoms with Crippen LogP contribution in [0.5, 0.6) is 0 Å². The maximum absolute atomic E-state index is 14.3. The van der Waals surface area contributed by atoms with E-state index in [1.807, 2.05) is 18.7 Å². The summed E-state index contributed by atoms with van der Waals surface area (Å²) in [6.07, 6.45) is 0. The van der Waals surface area contributed by atoms with E-state index >= 15 is 0 Å². The number of oxazole rings is 1. The van der Waals surface area contributed by atoms with Crippen LogP contribution < -0.4 is 4.90 Å². The Hall–Kier alpha value is -2.35. The molecule has 0 saturated carbocycles. The van der Waals surface area contributed by atoms with Crippen LogP contribution in [0.2, 0.25) is 0 Å². The van der Waals surface area contributed by atoms with Crippen molar-refractivity contribution in [1.82, 2.24) is 9.88 Å². The first-order chi connectivity index (χ1) is 12.8. The van der Waals surface area contributed by atoms with Crippen molar-refractivity contribution in [3.63, 3.8) is 0 Å². The van der Waals surface area contributed by atoms with Gasteiger partial charge >= 0.3 is 0 Å². The van der Waals surface area contributed by atoms with Gasteiger partial charge in [-0.3, -0.25) is 9.59 Å². The van der Waals surface area contributed by atoms with Crippen LogP contribution in [-0.2, 0) is 4.79 Å². The number of halogens is 1. The molecule has 3 rings (SSSR count). The lowest BCUT2D eigenvalue weighted by atomic mass is 10.1. The number of nitrogens with zero attached hydrogens (tertiary/aromatic N) is 3. The summed E-state index contributed by atoms with van der Waals surface area (Å²) >= 11 is 1.29. The minimum Gasteiger partial charge on any atom is -0.437 e. The second-order valence-electron chi connectivity index (χ2n) is 6.50. The summed E-state index contributed by atoms with van der Waals surface area (Å²) in [5.74, 6) is 0.468. The maximum atomic E-state index is 14.3. The maximum Gasteiger partial charge on any atom is 0.256 e. The monoisotopic (exact) mass is 391 g/mol. The molecule has 27 heavy (non-hydrogen) atoms. The summed E-state index contributed by atoms with van der Waals surface area (Å²) in [5, 5.41) is 0.504. The van der Waals surface area contributed by atoms with E-state index in [2.05, 4.69) is 4.98 Å². The average molecular weight is 391 g/mol. The molecule has 1 aromatic carbocycles. The first-order valence-electron chi connectivity index (χ1n) is 8.75. The van der Waals surface area contributed by atoms with Gasteiger partial charge in [0.05, 0.1) is 17.1 Å². The van der Waals surface area contributed by atoms with E-state index in [4.69, 9.17) is 4.42 Å². The Balaban J connectivity index is 1.53. The largest absolute Gasteiger partial charge is 0.437 e. The number of carbonyl (C=O) groups is 2. The summed E-state index contributed by atoms with van der Waals surface area (Å²) in [6.45, 7) is 7.26. The lowest BCUT2D eigenvalue weighted by molar-refractivity contribution is -0.128. The van der Waals surface area contributed by atoms with Crippen LogP contribution in [0.4, 0.5) is 10.1 Å². The number of carbonyl (C=O) groups excluding carboxylic acids is 2. The Bertz CT molecular complexity index is 840. The molecule has 0 radical (unpaired) electrons. The van der Waals surface area contributed by atoms with Gasteiger partial charge in [0, 0.05) is 31.7 Å². The summed E-state index contributed by atoms with van der Waals surface area (Å²) in [6, 6.07) is 4.54. The van der Waals surface area contributed by atoms with Crippen molar-refractivity contribution >= 4 is 29.1 Å². The molecule has 0 spiro atoms. The van der Waals surface area contributed by atoms with Crippen LogP contribution >= 0.6 is 11.8 Å². The number of aromatic nitrogens is 1. The van der Waals surface area contributed by atoms with Crippen molar-refractivity contribution in [1.29, 1.82) is 0 Å². The molecule has 8 heteroatoms. The number of rotatable bonds is 5. The Labute approximate surface area is 161 Å². The predicted octanol–water partition coefficient (Wildman–Crippen LogP) is 3.07. The molecular weight excluding hydrogens is 369 g/mol. The highest BCUT2D eigenvalue weighted by Crippen LogP contribution is 2.24. The molecule has 6 nitrogen and oxygen atoms in total. The highest BCUT2D eigenvalue weighted by Gasteiger charge is 2.23. The molecule has 0 atom stereocenters. The first-order valence-corrected chi connectivity index (χ1v) is 9.73. The van der Waals surface area contributed by atoms with E-state index < -0.39 is 5.82 Å². The van der Waals surface area contributed by atoms with Gasteiger partial charge in [-0.15, -0.1) is 0 Å². The van der Waals surface area contributed by atoms with Gasteiger partial charge in [-0.25, -0.2) is 9.37 Å². The number of anilines is 1. The second-order valence-corrected chi connectivity index (χ2v) is 7.43. The van der Waals surface area contributed by atoms with Gasteiger partial charge in [0.1, 0.15) is 11.6 Å². The average Bonchev–Trinajstić information content (AvgIpc) is 2.97. The first kappa shape index (κ1) is 19.4. The van der Waals surface area contributed by atoms with E-state index in [0.29, 0.717) is 42.7 Å². The Morgan fingerprint density at radius 1 is 1.22 bits per heavy atom. The van der Waals surface area contributed by atoms with Crippen molar-refractivity contribution in [3.05, 3.63) is 41.0 Å². The molecule has 0 unspecified atom stereocenters. The molecule has 1 aliphatic heterocycles. The molecule has 144 valence electrons.